The summed E-state index contributed by atoms with van der Waals surface area (Å²) in [5.41, 5.74) is 6.81. The number of carbonyl (C=O) groups is 1. The van der Waals surface area contributed by atoms with Crippen LogP contribution in [0.2, 0.25) is 0 Å². The molecule has 1 aliphatic rings. The summed E-state index contributed by atoms with van der Waals surface area (Å²) in [7, 11) is 1.92. The number of amides is 1. The van der Waals surface area contributed by atoms with Gasteiger partial charge in [-0.05, 0) is 31.1 Å². The number of rotatable bonds is 3. The minimum atomic E-state index is 0.148. The molecule has 0 spiro atoms. The van der Waals surface area contributed by atoms with Crippen molar-refractivity contribution in [2.75, 3.05) is 12.8 Å². The maximum absolute atomic E-state index is 12.2. The highest BCUT2D eigenvalue weighted by atomic mass is 32.1. The molecule has 1 aromatic rings. The van der Waals surface area contributed by atoms with Crippen LogP contribution < -0.4 is 5.73 Å². The molecule has 0 aromatic carbocycles. The maximum atomic E-state index is 12.2. The van der Waals surface area contributed by atoms with E-state index >= 15 is 0 Å². The smallest absolute Gasteiger partial charge is 0.228 e. The summed E-state index contributed by atoms with van der Waals surface area (Å²) in [6.07, 6.45) is 4.96. The molecule has 19 heavy (non-hydrogen) atoms. The molecule has 1 amide bonds. The number of nitrogen functional groups attached to an aromatic ring is 1. The molecule has 0 aliphatic heterocycles. The number of carbonyl (C=O) groups excluding carboxylic acids is 1. The third-order valence-corrected chi connectivity index (χ3v) is 4.87. The molecule has 0 atom stereocenters. The van der Waals surface area contributed by atoms with Crippen LogP contribution in [0.5, 0.6) is 0 Å². The SMILES string of the molecule is CN(C(=O)Cc1csc(N)n1)C1CCC(C)(C)CC1. The van der Waals surface area contributed by atoms with Gasteiger partial charge in [-0.2, -0.15) is 0 Å². The molecule has 1 aromatic heterocycles. The predicted octanol–water partition coefficient (Wildman–Crippen LogP) is 2.70. The normalized spacial score (nSPS) is 19.3. The molecular weight excluding hydrogens is 258 g/mol. The lowest BCUT2D eigenvalue weighted by atomic mass is 9.75. The number of thiazole rings is 1. The van der Waals surface area contributed by atoms with Crippen molar-refractivity contribution in [2.45, 2.75) is 52.0 Å². The second-order valence-corrected chi connectivity index (χ2v) is 7.14. The molecule has 106 valence electrons. The van der Waals surface area contributed by atoms with Gasteiger partial charge in [0, 0.05) is 18.5 Å². The van der Waals surface area contributed by atoms with E-state index in [1.807, 2.05) is 17.3 Å². The summed E-state index contributed by atoms with van der Waals surface area (Å²) in [6, 6.07) is 0.386. The Hall–Kier alpha value is -1.10. The number of aromatic nitrogens is 1. The Kier molecular flexibility index (Phi) is 4.13. The van der Waals surface area contributed by atoms with E-state index in [1.54, 1.807) is 0 Å². The third kappa shape index (κ3) is 3.69. The van der Waals surface area contributed by atoms with Crippen LogP contribution in [-0.4, -0.2) is 28.9 Å². The van der Waals surface area contributed by atoms with E-state index < -0.39 is 0 Å². The van der Waals surface area contributed by atoms with Crippen molar-refractivity contribution in [3.63, 3.8) is 0 Å². The lowest BCUT2D eigenvalue weighted by Gasteiger charge is -2.38. The minimum absolute atomic E-state index is 0.148. The lowest BCUT2D eigenvalue weighted by molar-refractivity contribution is -0.132. The average molecular weight is 281 g/mol. The van der Waals surface area contributed by atoms with Gasteiger partial charge in [0.1, 0.15) is 0 Å². The van der Waals surface area contributed by atoms with Crippen LogP contribution in [0.1, 0.15) is 45.2 Å². The van der Waals surface area contributed by atoms with Gasteiger partial charge in [-0.25, -0.2) is 4.98 Å². The number of likely N-dealkylation sites (N-methyl/N-ethyl adjacent to an activating group) is 1. The Morgan fingerprint density at radius 1 is 1.53 bits per heavy atom. The van der Waals surface area contributed by atoms with Crippen molar-refractivity contribution < 1.29 is 4.79 Å². The molecule has 1 heterocycles. The summed E-state index contributed by atoms with van der Waals surface area (Å²) >= 11 is 1.39. The first-order chi connectivity index (χ1) is 8.87. The summed E-state index contributed by atoms with van der Waals surface area (Å²) in [5.74, 6) is 0.148. The molecule has 1 saturated carbocycles. The van der Waals surface area contributed by atoms with Gasteiger partial charge in [-0.3, -0.25) is 4.79 Å². The second-order valence-electron chi connectivity index (χ2n) is 6.25. The third-order valence-electron chi connectivity index (χ3n) is 4.15. The first-order valence-corrected chi connectivity index (χ1v) is 7.71. The van der Waals surface area contributed by atoms with Gasteiger partial charge in [0.05, 0.1) is 12.1 Å². The van der Waals surface area contributed by atoms with Crippen LogP contribution >= 0.6 is 11.3 Å². The topological polar surface area (TPSA) is 59.2 Å². The molecule has 0 radical (unpaired) electrons. The summed E-state index contributed by atoms with van der Waals surface area (Å²) in [6.45, 7) is 4.62. The first-order valence-electron chi connectivity index (χ1n) is 6.83. The molecule has 1 aliphatic carbocycles. The van der Waals surface area contributed by atoms with E-state index in [-0.39, 0.29) is 5.91 Å². The molecular formula is C14H23N3OS. The van der Waals surface area contributed by atoms with Gasteiger partial charge in [0.15, 0.2) is 5.13 Å². The second kappa shape index (κ2) is 5.49. The largest absolute Gasteiger partial charge is 0.375 e. The maximum Gasteiger partial charge on any atom is 0.228 e. The van der Waals surface area contributed by atoms with E-state index in [2.05, 4.69) is 18.8 Å². The Morgan fingerprint density at radius 2 is 2.16 bits per heavy atom. The number of hydrogen-bond donors (Lipinski definition) is 1. The summed E-state index contributed by atoms with van der Waals surface area (Å²) in [4.78, 5) is 18.3. The number of hydrogen-bond acceptors (Lipinski definition) is 4. The van der Waals surface area contributed by atoms with Crippen LogP contribution in [0, 0.1) is 5.41 Å². The highest BCUT2D eigenvalue weighted by Gasteiger charge is 2.30. The van der Waals surface area contributed by atoms with Crippen LogP contribution in [-0.2, 0) is 11.2 Å². The summed E-state index contributed by atoms with van der Waals surface area (Å²) < 4.78 is 0. The lowest BCUT2D eigenvalue weighted by Crippen LogP contribution is -2.41. The molecule has 5 heteroatoms. The molecule has 0 saturated heterocycles. The fraction of sp³-hybridized carbons (Fsp3) is 0.714. The molecule has 4 nitrogen and oxygen atoms in total. The van der Waals surface area contributed by atoms with Gasteiger partial charge in [-0.15, -0.1) is 11.3 Å². The predicted molar refractivity (Wildman–Crippen MR) is 79.0 cm³/mol. The Bertz CT molecular complexity index is 445. The average Bonchev–Trinajstić information content (AvgIpc) is 2.74. The van der Waals surface area contributed by atoms with E-state index in [4.69, 9.17) is 5.73 Å². The van der Waals surface area contributed by atoms with Crippen LogP contribution in [0.3, 0.4) is 0 Å². The van der Waals surface area contributed by atoms with Gasteiger partial charge in [-0.1, -0.05) is 13.8 Å². The Labute approximate surface area is 119 Å². The van der Waals surface area contributed by atoms with Gasteiger partial charge in [0.2, 0.25) is 5.91 Å². The fourth-order valence-electron chi connectivity index (χ4n) is 2.66. The van der Waals surface area contributed by atoms with Gasteiger partial charge < -0.3 is 10.6 Å². The quantitative estimate of drug-likeness (QED) is 0.926. The van der Waals surface area contributed by atoms with Crippen molar-refractivity contribution in [3.8, 4) is 0 Å². The number of nitrogens with zero attached hydrogens (tertiary/aromatic N) is 2. The molecule has 2 rings (SSSR count). The van der Waals surface area contributed by atoms with Crippen LogP contribution in [0.4, 0.5) is 5.13 Å². The zero-order chi connectivity index (χ0) is 14.0. The van der Waals surface area contributed by atoms with E-state index in [9.17, 15) is 4.79 Å². The van der Waals surface area contributed by atoms with Crippen LogP contribution in [0.25, 0.3) is 0 Å². The molecule has 0 unspecified atom stereocenters. The zero-order valence-corrected chi connectivity index (χ0v) is 12.8. The fourth-order valence-corrected chi connectivity index (χ4v) is 3.22. The van der Waals surface area contributed by atoms with Gasteiger partial charge >= 0.3 is 0 Å². The number of nitrogens with two attached hydrogens (primary N) is 1. The van der Waals surface area contributed by atoms with Gasteiger partial charge in [0.25, 0.3) is 0 Å². The standard InChI is InChI=1S/C14H23N3OS/c1-14(2)6-4-11(5-7-14)17(3)12(18)8-10-9-19-13(15)16-10/h9,11H,4-8H2,1-3H3,(H2,15,16). The zero-order valence-electron chi connectivity index (χ0n) is 12.0. The van der Waals surface area contributed by atoms with Crippen molar-refractivity contribution in [1.29, 1.82) is 0 Å². The molecule has 2 N–H and O–H groups in total. The Balaban J connectivity index is 1.89. The van der Waals surface area contributed by atoms with Crippen molar-refractivity contribution in [1.82, 2.24) is 9.88 Å². The van der Waals surface area contributed by atoms with Crippen LogP contribution in [0.15, 0.2) is 5.38 Å². The summed E-state index contributed by atoms with van der Waals surface area (Å²) in [5, 5.41) is 2.40. The first kappa shape index (κ1) is 14.3. The van der Waals surface area contributed by atoms with Crippen molar-refractivity contribution in [2.24, 2.45) is 5.41 Å². The number of anilines is 1. The van der Waals surface area contributed by atoms with E-state index in [0.29, 0.717) is 23.0 Å². The van der Waals surface area contributed by atoms with E-state index in [0.717, 1.165) is 18.5 Å². The molecule has 1 fully saturated rings. The van der Waals surface area contributed by atoms with E-state index in [1.165, 1.54) is 24.2 Å². The van der Waals surface area contributed by atoms with Crippen molar-refractivity contribution >= 4 is 22.4 Å². The minimum Gasteiger partial charge on any atom is -0.375 e. The van der Waals surface area contributed by atoms with Crippen molar-refractivity contribution in [3.05, 3.63) is 11.1 Å². The highest BCUT2D eigenvalue weighted by Crippen LogP contribution is 2.36. The highest BCUT2D eigenvalue weighted by molar-refractivity contribution is 7.13. The molecule has 0 bridgehead atoms. The Morgan fingerprint density at radius 3 is 2.68 bits per heavy atom. The monoisotopic (exact) mass is 281 g/mol.